The average molecular weight is 309 g/mol. The fourth-order valence-electron chi connectivity index (χ4n) is 3.56. The molecule has 1 aromatic heterocycles. The van der Waals surface area contributed by atoms with Gasteiger partial charge in [0, 0.05) is 37.1 Å². The van der Waals surface area contributed by atoms with Gasteiger partial charge in [-0.05, 0) is 43.7 Å². The maximum atomic E-state index is 5.58. The molecule has 4 rings (SSSR count). The van der Waals surface area contributed by atoms with E-state index >= 15 is 0 Å². The second-order valence-electron chi connectivity index (χ2n) is 6.44. The summed E-state index contributed by atoms with van der Waals surface area (Å²) in [4.78, 5) is 9.80. The second kappa shape index (κ2) is 5.85. The zero-order chi connectivity index (χ0) is 15.8. The zero-order valence-corrected chi connectivity index (χ0v) is 13.9. The van der Waals surface area contributed by atoms with Crippen LogP contribution in [-0.4, -0.2) is 50.2 Å². The summed E-state index contributed by atoms with van der Waals surface area (Å²) in [5, 5.41) is 1.17. The third kappa shape index (κ3) is 2.57. The van der Waals surface area contributed by atoms with E-state index in [4.69, 9.17) is 9.72 Å². The average Bonchev–Trinajstić information content (AvgIpc) is 2.61. The Hall–Kier alpha value is -2.07. The molecule has 0 amide bonds. The molecule has 2 heterocycles. The Morgan fingerprint density at radius 1 is 1.13 bits per heavy atom. The Bertz CT molecular complexity index is 761. The number of hydrogen-bond donors (Lipinski definition) is 0. The highest BCUT2D eigenvalue weighted by Crippen LogP contribution is 2.35. The molecular formula is C19H23N3O. The van der Waals surface area contributed by atoms with E-state index in [9.17, 15) is 0 Å². The van der Waals surface area contributed by atoms with E-state index in [1.807, 2.05) is 0 Å². The number of aryl methyl sites for hydroxylation is 1. The minimum atomic E-state index is 0.956. The number of likely N-dealkylation sites (N-methyl/N-ethyl adjacent to an activating group) is 1. The van der Waals surface area contributed by atoms with Gasteiger partial charge in [-0.1, -0.05) is 12.2 Å². The van der Waals surface area contributed by atoms with Gasteiger partial charge in [-0.3, -0.25) is 0 Å². The third-order valence-corrected chi connectivity index (χ3v) is 4.97. The van der Waals surface area contributed by atoms with Crippen molar-refractivity contribution in [3.8, 4) is 5.75 Å². The highest BCUT2D eigenvalue weighted by Gasteiger charge is 2.19. The lowest BCUT2D eigenvalue weighted by Gasteiger charge is -2.33. The second-order valence-corrected chi connectivity index (χ2v) is 6.44. The predicted molar refractivity (Wildman–Crippen MR) is 95.4 cm³/mol. The van der Waals surface area contributed by atoms with Crippen molar-refractivity contribution in [1.82, 2.24) is 9.88 Å². The molecular weight excluding hydrogens is 286 g/mol. The number of benzene rings is 1. The van der Waals surface area contributed by atoms with E-state index in [1.165, 1.54) is 16.5 Å². The van der Waals surface area contributed by atoms with Gasteiger partial charge in [0.05, 0.1) is 12.6 Å². The van der Waals surface area contributed by atoms with Crippen molar-refractivity contribution in [3.05, 3.63) is 35.4 Å². The standard InChI is InChI=1S/C19H23N3O/c1-21-9-11-22(12-10-21)18-8-7-14-13-17(23-2)15-5-3-4-6-16(15)19(14)20-18/h3,5,7-8,13H,4,6,9-12H2,1-2H3. The fourth-order valence-corrected chi connectivity index (χ4v) is 3.56. The summed E-state index contributed by atoms with van der Waals surface area (Å²) in [5.74, 6) is 2.06. The van der Waals surface area contributed by atoms with Crippen molar-refractivity contribution >= 4 is 22.8 Å². The lowest BCUT2D eigenvalue weighted by atomic mass is 9.93. The summed E-state index contributed by atoms with van der Waals surface area (Å²) < 4.78 is 5.58. The number of anilines is 1. The number of rotatable bonds is 2. The van der Waals surface area contributed by atoms with Crippen molar-refractivity contribution in [2.45, 2.75) is 12.8 Å². The first-order valence-corrected chi connectivity index (χ1v) is 8.37. The molecule has 0 radical (unpaired) electrons. The maximum Gasteiger partial charge on any atom is 0.129 e. The largest absolute Gasteiger partial charge is 0.496 e. The summed E-state index contributed by atoms with van der Waals surface area (Å²) in [5.41, 5.74) is 3.67. The van der Waals surface area contributed by atoms with Gasteiger partial charge in [-0.2, -0.15) is 0 Å². The summed E-state index contributed by atoms with van der Waals surface area (Å²) in [6.07, 6.45) is 6.52. The summed E-state index contributed by atoms with van der Waals surface area (Å²) in [6.45, 7) is 4.30. The van der Waals surface area contributed by atoms with Crippen molar-refractivity contribution in [1.29, 1.82) is 0 Å². The molecule has 1 aromatic carbocycles. The van der Waals surface area contributed by atoms with Gasteiger partial charge >= 0.3 is 0 Å². The number of allylic oxidation sites excluding steroid dienone is 1. The first-order valence-electron chi connectivity index (χ1n) is 8.37. The van der Waals surface area contributed by atoms with Gasteiger partial charge in [-0.15, -0.1) is 0 Å². The molecule has 0 N–H and O–H groups in total. The minimum Gasteiger partial charge on any atom is -0.496 e. The normalized spacial score (nSPS) is 18.3. The van der Waals surface area contributed by atoms with Gasteiger partial charge in [-0.25, -0.2) is 4.98 Å². The lowest BCUT2D eigenvalue weighted by molar-refractivity contribution is 0.312. The Kier molecular flexibility index (Phi) is 3.69. The van der Waals surface area contributed by atoms with Crippen LogP contribution >= 0.6 is 0 Å². The molecule has 120 valence electrons. The van der Waals surface area contributed by atoms with Crippen LogP contribution in [0, 0.1) is 0 Å². The highest BCUT2D eigenvalue weighted by atomic mass is 16.5. The zero-order valence-electron chi connectivity index (χ0n) is 13.9. The van der Waals surface area contributed by atoms with E-state index < -0.39 is 0 Å². The Morgan fingerprint density at radius 2 is 1.96 bits per heavy atom. The number of fused-ring (bicyclic) bond motifs is 3. The Balaban J connectivity index is 1.80. The predicted octanol–water partition coefficient (Wildman–Crippen LogP) is 2.95. The van der Waals surface area contributed by atoms with Gasteiger partial charge in [0.15, 0.2) is 0 Å². The number of nitrogens with zero attached hydrogens (tertiary/aromatic N) is 3. The van der Waals surface area contributed by atoms with Crippen LogP contribution in [0.1, 0.15) is 17.5 Å². The first-order chi connectivity index (χ1) is 11.3. The SMILES string of the molecule is COc1cc2ccc(N3CCN(C)CC3)nc2c2c1C=CCC2. The summed E-state index contributed by atoms with van der Waals surface area (Å²) in [7, 11) is 3.93. The van der Waals surface area contributed by atoms with Crippen LogP contribution in [0.25, 0.3) is 17.0 Å². The molecule has 2 aromatic rings. The lowest BCUT2D eigenvalue weighted by Crippen LogP contribution is -2.44. The van der Waals surface area contributed by atoms with E-state index in [0.29, 0.717) is 0 Å². The van der Waals surface area contributed by atoms with Crippen LogP contribution < -0.4 is 9.64 Å². The van der Waals surface area contributed by atoms with Gasteiger partial charge in [0.25, 0.3) is 0 Å². The van der Waals surface area contributed by atoms with Gasteiger partial charge in [0.2, 0.25) is 0 Å². The number of hydrogen-bond acceptors (Lipinski definition) is 4. The molecule has 0 saturated carbocycles. The van der Waals surface area contributed by atoms with Crippen LogP contribution in [0.2, 0.25) is 0 Å². The molecule has 1 aliphatic heterocycles. The monoisotopic (exact) mass is 309 g/mol. The third-order valence-electron chi connectivity index (χ3n) is 4.97. The van der Waals surface area contributed by atoms with Crippen molar-refractivity contribution < 1.29 is 4.74 Å². The number of aromatic nitrogens is 1. The Labute approximate surface area is 137 Å². The quantitative estimate of drug-likeness (QED) is 0.853. The first kappa shape index (κ1) is 14.5. The van der Waals surface area contributed by atoms with Crippen LogP contribution in [0.4, 0.5) is 5.82 Å². The molecule has 1 aliphatic carbocycles. The molecule has 1 saturated heterocycles. The molecule has 0 bridgehead atoms. The number of methoxy groups -OCH3 is 1. The van der Waals surface area contributed by atoms with E-state index in [-0.39, 0.29) is 0 Å². The molecule has 4 nitrogen and oxygen atoms in total. The molecule has 1 fully saturated rings. The number of piperazine rings is 1. The van der Waals surface area contributed by atoms with E-state index in [2.05, 4.69) is 47.2 Å². The van der Waals surface area contributed by atoms with Crippen LogP contribution in [-0.2, 0) is 6.42 Å². The smallest absolute Gasteiger partial charge is 0.129 e. The molecule has 0 atom stereocenters. The van der Waals surface area contributed by atoms with Crippen molar-refractivity contribution in [2.75, 3.05) is 45.2 Å². The Morgan fingerprint density at radius 3 is 2.74 bits per heavy atom. The molecule has 4 heteroatoms. The van der Waals surface area contributed by atoms with Gasteiger partial charge < -0.3 is 14.5 Å². The molecule has 0 unspecified atom stereocenters. The summed E-state index contributed by atoms with van der Waals surface area (Å²) >= 11 is 0. The van der Waals surface area contributed by atoms with Crippen molar-refractivity contribution in [2.24, 2.45) is 0 Å². The highest BCUT2D eigenvalue weighted by molar-refractivity contribution is 5.90. The topological polar surface area (TPSA) is 28.6 Å². The number of ether oxygens (including phenoxy) is 1. The van der Waals surface area contributed by atoms with E-state index in [0.717, 1.165) is 56.1 Å². The van der Waals surface area contributed by atoms with E-state index in [1.54, 1.807) is 7.11 Å². The molecule has 2 aliphatic rings. The van der Waals surface area contributed by atoms with Crippen LogP contribution in [0.3, 0.4) is 0 Å². The summed E-state index contributed by atoms with van der Waals surface area (Å²) in [6, 6.07) is 6.46. The fraction of sp³-hybridized carbons (Fsp3) is 0.421. The van der Waals surface area contributed by atoms with Crippen molar-refractivity contribution in [3.63, 3.8) is 0 Å². The van der Waals surface area contributed by atoms with Gasteiger partial charge in [0.1, 0.15) is 11.6 Å². The van der Waals surface area contributed by atoms with Crippen LogP contribution in [0.15, 0.2) is 24.3 Å². The number of pyridine rings is 1. The van der Waals surface area contributed by atoms with Crippen LogP contribution in [0.5, 0.6) is 5.75 Å². The molecule has 0 spiro atoms. The maximum absolute atomic E-state index is 5.58. The molecule has 23 heavy (non-hydrogen) atoms. The minimum absolute atomic E-state index is 0.956.